The van der Waals surface area contributed by atoms with Gasteiger partial charge in [-0.15, -0.1) is 0 Å². The van der Waals surface area contributed by atoms with Gasteiger partial charge in [0, 0.05) is 18.7 Å². The summed E-state index contributed by atoms with van der Waals surface area (Å²) in [5.41, 5.74) is -2.73. The van der Waals surface area contributed by atoms with Gasteiger partial charge in [-0.05, 0) is 31.2 Å². The topological polar surface area (TPSA) is 105 Å². The molecule has 1 amide bonds. The van der Waals surface area contributed by atoms with Gasteiger partial charge < -0.3 is 19.9 Å². The Labute approximate surface area is 144 Å². The van der Waals surface area contributed by atoms with Crippen molar-refractivity contribution in [1.29, 1.82) is 0 Å². The van der Waals surface area contributed by atoms with Crippen molar-refractivity contribution < 1.29 is 29.0 Å². The van der Waals surface area contributed by atoms with Crippen LogP contribution in [0.5, 0.6) is 5.75 Å². The molecule has 132 valence electrons. The fourth-order valence-electron chi connectivity index (χ4n) is 2.98. The number of methoxy groups -OCH3 is 1. The second-order valence-corrected chi connectivity index (χ2v) is 5.60. The fraction of sp³-hybridized carbons (Fsp3) is 0.353. The van der Waals surface area contributed by atoms with Gasteiger partial charge in [-0.25, -0.2) is 4.79 Å². The molecule has 2 N–H and O–H groups in total. The molecule has 3 rings (SSSR count). The van der Waals surface area contributed by atoms with E-state index >= 15 is 0 Å². The summed E-state index contributed by atoms with van der Waals surface area (Å²) in [6.45, 7) is 2.22. The number of benzene rings is 1. The Morgan fingerprint density at radius 3 is 2.60 bits per heavy atom. The molecule has 8 heteroatoms. The Balaban J connectivity index is 2.08. The van der Waals surface area contributed by atoms with Crippen LogP contribution in [0.3, 0.4) is 0 Å². The zero-order valence-corrected chi connectivity index (χ0v) is 13.9. The normalized spacial score (nSPS) is 21.9. The molecule has 1 aromatic carbocycles. The number of nitrogens with zero attached hydrogens (tertiary/aromatic N) is 1. The molecule has 1 atom stereocenters. The minimum atomic E-state index is -2.64. The Kier molecular flexibility index (Phi) is 4.22. The van der Waals surface area contributed by atoms with E-state index in [9.17, 15) is 19.5 Å². The molecule has 1 saturated heterocycles. The van der Waals surface area contributed by atoms with E-state index in [0.29, 0.717) is 12.3 Å². The second kappa shape index (κ2) is 6.21. The van der Waals surface area contributed by atoms with E-state index in [0.717, 1.165) is 0 Å². The average Bonchev–Trinajstić information content (AvgIpc) is 3.17. The highest BCUT2D eigenvalue weighted by Crippen LogP contribution is 2.37. The van der Waals surface area contributed by atoms with Crippen LogP contribution in [-0.4, -0.2) is 60.1 Å². The summed E-state index contributed by atoms with van der Waals surface area (Å²) in [5, 5.41) is 13.7. The molecule has 8 nitrogen and oxygen atoms in total. The molecule has 2 heterocycles. The zero-order valence-electron chi connectivity index (χ0n) is 13.9. The average molecular weight is 346 g/mol. The number of amides is 1. The fourth-order valence-corrected chi connectivity index (χ4v) is 2.98. The number of Topliss-reactive ketones (excluding diaryl/α,β-unsaturated/α-hetero) is 1. The van der Waals surface area contributed by atoms with E-state index in [2.05, 4.69) is 5.32 Å². The minimum Gasteiger partial charge on any atom is -0.497 e. The molecular weight excluding hydrogens is 328 g/mol. The Bertz CT molecular complexity index is 770. The summed E-state index contributed by atoms with van der Waals surface area (Å²) in [5.74, 6) is -1.94. The van der Waals surface area contributed by atoms with E-state index in [-0.39, 0.29) is 30.1 Å². The number of hydrogen-bond acceptors (Lipinski definition) is 7. The first-order valence-electron chi connectivity index (χ1n) is 7.84. The van der Waals surface area contributed by atoms with Gasteiger partial charge in [-0.2, -0.15) is 0 Å². The van der Waals surface area contributed by atoms with Crippen LogP contribution in [0.15, 0.2) is 35.7 Å². The Morgan fingerprint density at radius 2 is 2.00 bits per heavy atom. The maximum Gasteiger partial charge on any atom is 0.353 e. The van der Waals surface area contributed by atoms with Crippen molar-refractivity contribution in [3.8, 4) is 5.75 Å². The summed E-state index contributed by atoms with van der Waals surface area (Å²) in [4.78, 5) is 39.1. The van der Waals surface area contributed by atoms with Crippen molar-refractivity contribution in [2.45, 2.75) is 12.5 Å². The number of fused-ring (bicyclic) bond motifs is 1. The van der Waals surface area contributed by atoms with Gasteiger partial charge in [0.1, 0.15) is 11.6 Å². The van der Waals surface area contributed by atoms with Crippen LogP contribution < -0.4 is 10.1 Å². The van der Waals surface area contributed by atoms with Crippen molar-refractivity contribution in [3.63, 3.8) is 0 Å². The van der Waals surface area contributed by atoms with E-state index in [1.807, 2.05) is 0 Å². The highest BCUT2D eigenvalue weighted by molar-refractivity contribution is 6.25. The molecular formula is C17H18N2O6. The Morgan fingerprint density at radius 1 is 1.32 bits per heavy atom. The Hall–Kier alpha value is -2.87. The van der Waals surface area contributed by atoms with Crippen LogP contribution in [0.25, 0.3) is 0 Å². The van der Waals surface area contributed by atoms with Crippen molar-refractivity contribution in [2.75, 3.05) is 26.8 Å². The molecule has 1 unspecified atom stereocenters. The van der Waals surface area contributed by atoms with Gasteiger partial charge in [-0.1, -0.05) is 0 Å². The molecule has 0 saturated carbocycles. The van der Waals surface area contributed by atoms with Crippen LogP contribution in [0, 0.1) is 0 Å². The summed E-state index contributed by atoms with van der Waals surface area (Å²) >= 11 is 0. The maximum atomic E-state index is 13.0. The van der Waals surface area contributed by atoms with Crippen molar-refractivity contribution >= 4 is 17.7 Å². The number of aliphatic hydroxyl groups is 1. The standard InChI is InChI=1S/C17H18N2O6/c1-3-25-16(22)17(23)12(14-18-8-9-19(14)15(17)21)13(20)10-4-6-11(24-2)7-5-10/h4-7,18,23H,3,8-9H2,1-2H3. The number of hydrogen-bond donors (Lipinski definition) is 2. The molecule has 25 heavy (non-hydrogen) atoms. The van der Waals surface area contributed by atoms with E-state index < -0.39 is 23.3 Å². The summed E-state index contributed by atoms with van der Waals surface area (Å²) in [6.07, 6.45) is 0. The molecule has 0 aromatic heterocycles. The number of nitrogens with one attached hydrogen (secondary N) is 1. The smallest absolute Gasteiger partial charge is 0.353 e. The third-order valence-electron chi connectivity index (χ3n) is 4.20. The largest absolute Gasteiger partial charge is 0.497 e. The van der Waals surface area contributed by atoms with E-state index in [1.165, 1.54) is 24.1 Å². The number of rotatable bonds is 5. The maximum absolute atomic E-state index is 13.0. The SMILES string of the molecule is CCOC(=O)C1(O)C(=O)N2CCNC2=C1C(=O)c1ccc(OC)cc1. The summed E-state index contributed by atoms with van der Waals surface area (Å²) in [6, 6.07) is 6.17. The van der Waals surface area contributed by atoms with Crippen LogP contribution in [-0.2, 0) is 14.3 Å². The minimum absolute atomic E-state index is 0.0266. The lowest BCUT2D eigenvalue weighted by atomic mass is 9.89. The van der Waals surface area contributed by atoms with E-state index in [4.69, 9.17) is 9.47 Å². The molecule has 2 aliphatic rings. The molecule has 2 aliphatic heterocycles. The van der Waals surface area contributed by atoms with Gasteiger partial charge in [0.15, 0.2) is 5.78 Å². The van der Waals surface area contributed by atoms with Crippen LogP contribution in [0.2, 0.25) is 0 Å². The van der Waals surface area contributed by atoms with Crippen molar-refractivity contribution in [2.24, 2.45) is 0 Å². The third kappa shape index (κ3) is 2.45. The van der Waals surface area contributed by atoms with E-state index in [1.54, 1.807) is 19.1 Å². The van der Waals surface area contributed by atoms with Gasteiger partial charge in [0.2, 0.25) is 0 Å². The highest BCUT2D eigenvalue weighted by atomic mass is 16.6. The van der Waals surface area contributed by atoms with Crippen LogP contribution in [0.1, 0.15) is 17.3 Å². The van der Waals surface area contributed by atoms with Crippen molar-refractivity contribution in [3.05, 3.63) is 41.2 Å². The lowest BCUT2D eigenvalue weighted by Gasteiger charge is -2.22. The molecule has 0 bridgehead atoms. The first kappa shape index (κ1) is 17.0. The monoisotopic (exact) mass is 346 g/mol. The summed E-state index contributed by atoms with van der Waals surface area (Å²) in [7, 11) is 1.50. The molecule has 0 spiro atoms. The third-order valence-corrected chi connectivity index (χ3v) is 4.20. The number of esters is 1. The van der Waals surface area contributed by atoms with Gasteiger partial charge in [0.25, 0.3) is 11.5 Å². The number of ether oxygens (including phenoxy) is 2. The van der Waals surface area contributed by atoms with Gasteiger partial charge in [-0.3, -0.25) is 14.5 Å². The van der Waals surface area contributed by atoms with Crippen LogP contribution in [0.4, 0.5) is 0 Å². The lowest BCUT2D eigenvalue weighted by Crippen LogP contribution is -2.52. The molecule has 1 aromatic rings. The van der Waals surface area contributed by atoms with Gasteiger partial charge in [0.05, 0.1) is 19.3 Å². The molecule has 0 radical (unpaired) electrons. The van der Waals surface area contributed by atoms with Crippen LogP contribution >= 0.6 is 0 Å². The van der Waals surface area contributed by atoms with Gasteiger partial charge >= 0.3 is 5.97 Å². The number of ketones is 1. The predicted octanol–water partition coefficient (Wildman–Crippen LogP) is -0.171. The second-order valence-electron chi connectivity index (χ2n) is 5.60. The first-order chi connectivity index (χ1) is 11.9. The molecule has 0 aliphatic carbocycles. The predicted molar refractivity (Wildman–Crippen MR) is 85.6 cm³/mol. The molecule has 1 fully saturated rings. The summed E-state index contributed by atoms with van der Waals surface area (Å²) < 4.78 is 9.90. The van der Waals surface area contributed by atoms with Crippen molar-refractivity contribution in [1.82, 2.24) is 10.2 Å². The highest BCUT2D eigenvalue weighted by Gasteiger charge is 2.61. The zero-order chi connectivity index (χ0) is 18.2. The lowest BCUT2D eigenvalue weighted by molar-refractivity contribution is -0.168. The first-order valence-corrected chi connectivity index (χ1v) is 7.84. The quantitative estimate of drug-likeness (QED) is 0.433. The number of carbonyl (C=O) groups is 3. The number of carbonyl (C=O) groups excluding carboxylic acids is 3.